The third-order valence-electron chi connectivity index (χ3n) is 5.97. The third kappa shape index (κ3) is 7.18. The largest absolute Gasteiger partial charge is 0.434 e. The molecule has 0 aliphatic carbocycles. The molecule has 2 aliphatic rings. The Morgan fingerprint density at radius 3 is 2.37 bits per heavy atom. The van der Waals surface area contributed by atoms with Crippen LogP contribution in [0.3, 0.4) is 0 Å². The van der Waals surface area contributed by atoms with Crippen molar-refractivity contribution in [3.8, 4) is 12.3 Å². The Balaban J connectivity index is 1.59. The van der Waals surface area contributed by atoms with E-state index in [2.05, 4.69) is 21.6 Å². The van der Waals surface area contributed by atoms with Crippen LogP contribution in [0, 0.1) is 19.3 Å². The Kier molecular flexibility index (Phi) is 8.43. The molecule has 1 amide bonds. The molecule has 2 aliphatic heterocycles. The van der Waals surface area contributed by atoms with Gasteiger partial charge in [0.15, 0.2) is 0 Å². The highest BCUT2D eigenvalue weighted by Gasteiger charge is 2.60. The summed E-state index contributed by atoms with van der Waals surface area (Å²) in [7, 11) is 0. The molecule has 0 saturated carbocycles. The van der Waals surface area contributed by atoms with Crippen LogP contribution in [0.1, 0.15) is 17.5 Å². The second kappa shape index (κ2) is 11.0. The van der Waals surface area contributed by atoms with Gasteiger partial charge in [0.25, 0.3) is 6.10 Å². The number of benzene rings is 1. The fourth-order valence-electron chi connectivity index (χ4n) is 4.17. The van der Waals surface area contributed by atoms with Crippen molar-refractivity contribution < 1.29 is 40.6 Å². The van der Waals surface area contributed by atoms with Crippen LogP contribution in [0.4, 0.5) is 36.8 Å². The summed E-state index contributed by atoms with van der Waals surface area (Å²) in [6.07, 6.45) is -11.1. The van der Waals surface area contributed by atoms with Crippen molar-refractivity contribution in [3.05, 3.63) is 29.3 Å². The zero-order valence-corrected chi connectivity index (χ0v) is 19.2. The number of amides is 1. The lowest BCUT2D eigenvalue weighted by Gasteiger charge is -2.36. The van der Waals surface area contributed by atoms with Crippen molar-refractivity contribution >= 4 is 11.8 Å². The highest BCUT2D eigenvalue weighted by molar-refractivity contribution is 5.68. The molecule has 12 heteroatoms. The van der Waals surface area contributed by atoms with Gasteiger partial charge in [0.2, 0.25) is 0 Å². The van der Waals surface area contributed by atoms with Crippen molar-refractivity contribution in [1.29, 1.82) is 0 Å². The Bertz CT molecular complexity index is 909. The van der Waals surface area contributed by atoms with Gasteiger partial charge in [-0.15, -0.1) is 6.42 Å². The standard InChI is InChI=1S/C23H27F6N3O3/c1-3-12-34-18-6-7-32(15-18)19-13-16(2)4-5-17(19)14-30-8-10-31(11-9-30)21(33)35-20(22(24,25)26)23(27,28)29/h1,4-5,13,18,20H,6-12,14-15H2,2H3/t18-/m1/s1. The molecule has 1 atom stereocenters. The number of carbonyl (C=O) groups is 1. The number of piperazine rings is 1. The van der Waals surface area contributed by atoms with Crippen molar-refractivity contribution in [2.75, 3.05) is 50.8 Å². The molecule has 194 valence electrons. The van der Waals surface area contributed by atoms with E-state index < -0.39 is 24.5 Å². The molecule has 3 rings (SSSR count). The SMILES string of the molecule is C#CCO[C@@H]1CCN(c2cc(C)ccc2CN2CCN(C(=O)OC(C(F)(F)F)C(F)(F)F)CC2)C1. The maximum atomic E-state index is 12.7. The van der Waals surface area contributed by atoms with E-state index in [0.29, 0.717) is 13.1 Å². The van der Waals surface area contributed by atoms with E-state index in [1.165, 1.54) is 0 Å². The van der Waals surface area contributed by atoms with Gasteiger partial charge >= 0.3 is 18.4 Å². The molecule has 0 bridgehead atoms. The van der Waals surface area contributed by atoms with Crippen molar-refractivity contribution in [2.45, 2.75) is 44.4 Å². The van der Waals surface area contributed by atoms with E-state index >= 15 is 0 Å². The zero-order chi connectivity index (χ0) is 25.8. The minimum atomic E-state index is -5.74. The summed E-state index contributed by atoms with van der Waals surface area (Å²) in [5, 5.41) is 0. The lowest BCUT2D eigenvalue weighted by molar-refractivity contribution is -0.308. The summed E-state index contributed by atoms with van der Waals surface area (Å²) < 4.78 is 85.5. The van der Waals surface area contributed by atoms with Crippen LogP contribution < -0.4 is 4.90 Å². The molecule has 2 heterocycles. The van der Waals surface area contributed by atoms with Crippen molar-refractivity contribution in [3.63, 3.8) is 0 Å². The lowest BCUT2D eigenvalue weighted by atomic mass is 10.1. The minimum absolute atomic E-state index is 0.0335. The number of hydrogen-bond acceptors (Lipinski definition) is 5. The fraction of sp³-hybridized carbons (Fsp3) is 0.609. The number of nitrogens with zero attached hydrogens (tertiary/aromatic N) is 3. The number of aryl methyl sites for hydroxylation is 1. The van der Waals surface area contributed by atoms with Gasteiger partial charge in [0.1, 0.15) is 6.61 Å². The minimum Gasteiger partial charge on any atom is -0.426 e. The van der Waals surface area contributed by atoms with E-state index in [1.807, 2.05) is 24.0 Å². The van der Waals surface area contributed by atoms with Gasteiger partial charge in [-0.1, -0.05) is 18.1 Å². The maximum Gasteiger partial charge on any atom is 0.434 e. The van der Waals surface area contributed by atoms with Gasteiger partial charge in [-0.25, -0.2) is 4.79 Å². The predicted octanol–water partition coefficient (Wildman–Crippen LogP) is 3.97. The second-order valence-corrected chi connectivity index (χ2v) is 8.61. The van der Waals surface area contributed by atoms with Crippen LogP contribution in [-0.2, 0) is 16.0 Å². The second-order valence-electron chi connectivity index (χ2n) is 8.61. The Labute approximate surface area is 199 Å². The number of anilines is 1. The lowest BCUT2D eigenvalue weighted by Crippen LogP contribution is -2.52. The van der Waals surface area contributed by atoms with Gasteiger partial charge in [-0.3, -0.25) is 4.90 Å². The van der Waals surface area contributed by atoms with Crippen molar-refractivity contribution in [2.24, 2.45) is 0 Å². The quantitative estimate of drug-likeness (QED) is 0.431. The van der Waals surface area contributed by atoms with Crippen LogP contribution >= 0.6 is 0 Å². The first-order valence-electron chi connectivity index (χ1n) is 11.1. The third-order valence-corrected chi connectivity index (χ3v) is 5.97. The summed E-state index contributed by atoms with van der Waals surface area (Å²) in [5.74, 6) is 2.46. The number of halogens is 6. The molecule has 1 aromatic carbocycles. The van der Waals surface area contributed by atoms with E-state index in [1.54, 1.807) is 0 Å². The van der Waals surface area contributed by atoms with Crippen molar-refractivity contribution in [1.82, 2.24) is 9.80 Å². The summed E-state index contributed by atoms with van der Waals surface area (Å²) in [4.78, 5) is 17.1. The van der Waals surface area contributed by atoms with Gasteiger partial charge in [-0.05, 0) is 30.5 Å². The maximum absolute atomic E-state index is 12.7. The molecule has 6 nitrogen and oxygen atoms in total. The van der Waals surface area contributed by atoms with E-state index in [-0.39, 0.29) is 38.9 Å². The first-order chi connectivity index (χ1) is 16.4. The zero-order valence-electron chi connectivity index (χ0n) is 19.2. The Morgan fingerprint density at radius 2 is 1.77 bits per heavy atom. The van der Waals surface area contributed by atoms with E-state index in [4.69, 9.17) is 11.2 Å². The first-order valence-corrected chi connectivity index (χ1v) is 11.1. The summed E-state index contributed by atoms with van der Waals surface area (Å²) >= 11 is 0. The monoisotopic (exact) mass is 507 g/mol. The molecular formula is C23H27F6N3O3. The number of ether oxygens (including phenoxy) is 2. The van der Waals surface area contributed by atoms with Crippen LogP contribution in [0.5, 0.6) is 0 Å². The molecule has 1 aromatic rings. The smallest absolute Gasteiger partial charge is 0.426 e. The molecule has 0 aromatic heterocycles. The normalized spacial score (nSPS) is 19.8. The molecular weight excluding hydrogens is 480 g/mol. The molecule has 0 radical (unpaired) electrons. The first kappa shape index (κ1) is 26.9. The summed E-state index contributed by atoms with van der Waals surface area (Å²) in [5.41, 5.74) is 3.14. The average molecular weight is 507 g/mol. The highest BCUT2D eigenvalue weighted by atomic mass is 19.4. The topological polar surface area (TPSA) is 45.2 Å². The Morgan fingerprint density at radius 1 is 1.11 bits per heavy atom. The van der Waals surface area contributed by atoms with Crippen LogP contribution in [0.2, 0.25) is 0 Å². The molecule has 2 saturated heterocycles. The highest BCUT2D eigenvalue weighted by Crippen LogP contribution is 2.36. The van der Waals surface area contributed by atoms with Gasteiger partial charge in [-0.2, -0.15) is 26.3 Å². The molecule has 0 N–H and O–H groups in total. The number of rotatable bonds is 6. The number of terminal acetylenes is 1. The fourth-order valence-corrected chi connectivity index (χ4v) is 4.17. The van der Waals surface area contributed by atoms with Crippen LogP contribution in [-0.4, -0.2) is 86.3 Å². The summed E-state index contributed by atoms with van der Waals surface area (Å²) in [6.45, 7) is 4.69. The van der Waals surface area contributed by atoms with Gasteiger partial charge < -0.3 is 19.3 Å². The number of carbonyl (C=O) groups excluding carboxylic acids is 1. The van der Waals surface area contributed by atoms with E-state index in [9.17, 15) is 31.1 Å². The molecule has 35 heavy (non-hydrogen) atoms. The average Bonchev–Trinajstić information content (AvgIpc) is 3.25. The predicted molar refractivity (Wildman–Crippen MR) is 116 cm³/mol. The molecule has 2 fully saturated rings. The van der Waals surface area contributed by atoms with Gasteiger partial charge in [0, 0.05) is 51.5 Å². The summed E-state index contributed by atoms with van der Waals surface area (Å²) in [6, 6.07) is 6.04. The van der Waals surface area contributed by atoms with Gasteiger partial charge in [0.05, 0.1) is 6.10 Å². The Hall–Kier alpha value is -2.65. The number of hydrogen-bond donors (Lipinski definition) is 0. The van der Waals surface area contributed by atoms with E-state index in [0.717, 1.165) is 34.7 Å². The number of alkyl halides is 6. The molecule has 0 spiro atoms. The molecule has 0 unspecified atom stereocenters. The van der Waals surface area contributed by atoms with Crippen LogP contribution in [0.25, 0.3) is 0 Å². The van der Waals surface area contributed by atoms with Crippen LogP contribution in [0.15, 0.2) is 18.2 Å².